The second-order valence-corrected chi connectivity index (χ2v) is 6.00. The maximum atomic E-state index is 12.4. The van der Waals surface area contributed by atoms with E-state index in [1.807, 2.05) is 0 Å². The van der Waals surface area contributed by atoms with Crippen LogP contribution in [0.3, 0.4) is 0 Å². The largest absolute Gasteiger partial charge is 0.481 e. The topological polar surface area (TPSA) is 113 Å². The highest BCUT2D eigenvalue weighted by atomic mass is 32.2. The first-order valence-corrected chi connectivity index (χ1v) is 7.34. The van der Waals surface area contributed by atoms with Crippen molar-refractivity contribution in [3.8, 4) is 0 Å². The van der Waals surface area contributed by atoms with Gasteiger partial charge in [-0.15, -0.1) is 0 Å². The summed E-state index contributed by atoms with van der Waals surface area (Å²) in [6, 6.07) is 0. The number of rotatable bonds is 9. The number of aryl methyl sites for hydroxylation is 1. The summed E-state index contributed by atoms with van der Waals surface area (Å²) in [4.78, 5) is 10.1. The number of aliphatic hydroxyl groups is 1. The molecule has 0 radical (unpaired) electrons. The average molecular weight is 327 g/mol. The molecular weight excluding hydrogens is 312 g/mol. The Morgan fingerprint density at radius 2 is 2.14 bits per heavy atom. The van der Waals surface area contributed by atoms with Crippen LogP contribution in [0.2, 0.25) is 0 Å². The number of hydrogen-bond acceptors (Lipinski definition) is 5. The minimum atomic E-state index is -4.21. The predicted molar refractivity (Wildman–Crippen MR) is 66.3 cm³/mol. The molecule has 0 aliphatic carbocycles. The van der Waals surface area contributed by atoms with Gasteiger partial charge in [-0.05, 0) is 0 Å². The van der Waals surface area contributed by atoms with Gasteiger partial charge in [0.2, 0.25) is 10.0 Å². The molecule has 0 saturated heterocycles. The summed E-state index contributed by atoms with van der Waals surface area (Å²) < 4.78 is 50.6. The fraction of sp³-hybridized carbons (Fsp3) is 0.600. The molecular formula is C10H15F2N3O5S. The first kappa shape index (κ1) is 17.5. The van der Waals surface area contributed by atoms with Crippen molar-refractivity contribution in [1.29, 1.82) is 0 Å². The highest BCUT2D eigenvalue weighted by molar-refractivity contribution is 7.89. The molecule has 0 aliphatic rings. The molecule has 1 heterocycles. The maximum Gasteiger partial charge on any atom is 0.305 e. The Hall–Kier alpha value is -1.59. The zero-order valence-electron chi connectivity index (χ0n) is 10.9. The van der Waals surface area contributed by atoms with Crippen molar-refractivity contribution in [1.82, 2.24) is 14.1 Å². The predicted octanol–water partition coefficient (Wildman–Crippen LogP) is -0.394. The summed E-state index contributed by atoms with van der Waals surface area (Å²) in [6.45, 7) is -2.14. The molecule has 0 spiro atoms. The molecule has 0 bridgehead atoms. The van der Waals surface area contributed by atoms with Gasteiger partial charge in [0.25, 0.3) is 6.43 Å². The second kappa shape index (κ2) is 7.43. The van der Waals surface area contributed by atoms with Crippen molar-refractivity contribution in [2.45, 2.75) is 24.3 Å². The van der Waals surface area contributed by atoms with E-state index >= 15 is 0 Å². The van der Waals surface area contributed by atoms with Gasteiger partial charge in [0.05, 0.1) is 32.3 Å². The smallest absolute Gasteiger partial charge is 0.305 e. The molecule has 1 rings (SSSR count). The SMILES string of the molecule is O=C(O)CCn1cc(S(=O)(=O)N(CCO)CC(F)F)cn1. The lowest BCUT2D eigenvalue weighted by Gasteiger charge is -2.19. The van der Waals surface area contributed by atoms with Crippen molar-refractivity contribution in [3.63, 3.8) is 0 Å². The van der Waals surface area contributed by atoms with Crippen molar-refractivity contribution in [2.75, 3.05) is 19.7 Å². The maximum absolute atomic E-state index is 12.4. The highest BCUT2D eigenvalue weighted by Gasteiger charge is 2.28. The Balaban J connectivity index is 2.91. The van der Waals surface area contributed by atoms with E-state index in [-0.39, 0.29) is 17.9 Å². The molecule has 11 heteroatoms. The Morgan fingerprint density at radius 1 is 1.48 bits per heavy atom. The minimum Gasteiger partial charge on any atom is -0.481 e. The lowest BCUT2D eigenvalue weighted by Crippen LogP contribution is -2.37. The number of aromatic nitrogens is 2. The molecule has 0 atom stereocenters. The van der Waals surface area contributed by atoms with Crippen molar-refractivity contribution in [3.05, 3.63) is 12.4 Å². The molecule has 0 amide bonds. The van der Waals surface area contributed by atoms with E-state index < -0.39 is 42.1 Å². The average Bonchev–Trinajstić information content (AvgIpc) is 2.84. The number of aliphatic hydroxyl groups excluding tert-OH is 1. The molecule has 0 aliphatic heterocycles. The fourth-order valence-corrected chi connectivity index (χ4v) is 2.90. The van der Waals surface area contributed by atoms with Gasteiger partial charge in [0.15, 0.2) is 0 Å². The molecule has 2 N–H and O–H groups in total. The second-order valence-electron chi connectivity index (χ2n) is 4.06. The minimum absolute atomic E-state index is 0.0420. The summed E-state index contributed by atoms with van der Waals surface area (Å²) in [5.41, 5.74) is 0. The zero-order valence-corrected chi connectivity index (χ0v) is 11.7. The zero-order chi connectivity index (χ0) is 16.0. The van der Waals surface area contributed by atoms with Crippen molar-refractivity contribution in [2.24, 2.45) is 0 Å². The molecule has 21 heavy (non-hydrogen) atoms. The van der Waals surface area contributed by atoms with Crippen molar-refractivity contribution < 1.29 is 32.2 Å². The quantitative estimate of drug-likeness (QED) is 0.638. The highest BCUT2D eigenvalue weighted by Crippen LogP contribution is 2.16. The molecule has 1 aromatic rings. The third kappa shape index (κ3) is 5.02. The van der Waals surface area contributed by atoms with Gasteiger partial charge < -0.3 is 10.2 Å². The van der Waals surface area contributed by atoms with E-state index in [4.69, 9.17) is 10.2 Å². The van der Waals surface area contributed by atoms with Gasteiger partial charge >= 0.3 is 5.97 Å². The number of alkyl halides is 2. The monoisotopic (exact) mass is 327 g/mol. The van der Waals surface area contributed by atoms with Crippen LogP contribution in [0.15, 0.2) is 17.3 Å². The van der Waals surface area contributed by atoms with E-state index in [1.165, 1.54) is 0 Å². The van der Waals surface area contributed by atoms with E-state index in [0.29, 0.717) is 4.31 Å². The molecule has 8 nitrogen and oxygen atoms in total. The standard InChI is InChI=1S/C10H15F2N3O5S/c11-9(12)7-15(3-4-16)21(19,20)8-5-13-14(6-8)2-1-10(17)18/h5-6,9,16H,1-4,7H2,(H,17,18). The first-order valence-electron chi connectivity index (χ1n) is 5.90. The van der Waals surface area contributed by atoms with Gasteiger partial charge in [-0.3, -0.25) is 9.48 Å². The number of halogens is 2. The van der Waals surface area contributed by atoms with Crippen LogP contribution < -0.4 is 0 Å². The number of hydrogen-bond donors (Lipinski definition) is 2. The van der Waals surface area contributed by atoms with Gasteiger partial charge in [0.1, 0.15) is 4.90 Å². The summed E-state index contributed by atoms with van der Waals surface area (Å²) in [6.07, 6.45) is -1.12. The first-order chi connectivity index (χ1) is 9.77. The van der Waals surface area contributed by atoms with Crippen LogP contribution in [0.4, 0.5) is 8.78 Å². The third-order valence-electron chi connectivity index (χ3n) is 2.49. The number of carbonyl (C=O) groups is 1. The van der Waals surface area contributed by atoms with Crippen LogP contribution in [-0.4, -0.2) is 64.8 Å². The van der Waals surface area contributed by atoms with Gasteiger partial charge in [-0.1, -0.05) is 0 Å². The van der Waals surface area contributed by atoms with Crippen molar-refractivity contribution >= 4 is 16.0 Å². The molecule has 0 unspecified atom stereocenters. The Kier molecular flexibility index (Phi) is 6.18. The molecule has 0 aromatic carbocycles. The Morgan fingerprint density at radius 3 is 2.67 bits per heavy atom. The lowest BCUT2D eigenvalue weighted by molar-refractivity contribution is -0.137. The number of carboxylic acid groups (broad SMARTS) is 1. The van der Waals surface area contributed by atoms with Crippen LogP contribution in [0, 0.1) is 0 Å². The summed E-state index contributed by atoms with van der Waals surface area (Å²) >= 11 is 0. The van der Waals surface area contributed by atoms with Crippen LogP contribution in [0.5, 0.6) is 0 Å². The number of aliphatic carboxylic acids is 1. The van der Waals surface area contributed by atoms with Crippen LogP contribution in [0.1, 0.15) is 6.42 Å². The lowest BCUT2D eigenvalue weighted by atomic mass is 10.4. The Labute approximate surface area is 119 Å². The number of sulfonamides is 1. The number of carboxylic acids is 1. The molecule has 0 fully saturated rings. The van der Waals surface area contributed by atoms with E-state index in [9.17, 15) is 22.0 Å². The molecule has 120 valence electrons. The third-order valence-corrected chi connectivity index (χ3v) is 4.31. The number of nitrogens with zero attached hydrogens (tertiary/aromatic N) is 3. The van der Waals surface area contributed by atoms with Gasteiger partial charge in [-0.25, -0.2) is 17.2 Å². The van der Waals surface area contributed by atoms with Gasteiger partial charge in [-0.2, -0.15) is 9.40 Å². The van der Waals surface area contributed by atoms with Crippen LogP contribution >= 0.6 is 0 Å². The van der Waals surface area contributed by atoms with Gasteiger partial charge in [0, 0.05) is 12.7 Å². The molecule has 1 aromatic heterocycles. The van der Waals surface area contributed by atoms with E-state index in [0.717, 1.165) is 17.1 Å². The molecule has 0 saturated carbocycles. The van der Waals surface area contributed by atoms with Crippen LogP contribution in [-0.2, 0) is 21.4 Å². The summed E-state index contributed by atoms with van der Waals surface area (Å²) in [5.74, 6) is -1.07. The van der Waals surface area contributed by atoms with E-state index in [1.54, 1.807) is 0 Å². The fourth-order valence-electron chi connectivity index (χ4n) is 1.53. The Bertz CT molecular complexity index is 575. The normalized spacial score (nSPS) is 12.2. The summed E-state index contributed by atoms with van der Waals surface area (Å²) in [7, 11) is -4.21. The van der Waals surface area contributed by atoms with Crippen LogP contribution in [0.25, 0.3) is 0 Å². The van der Waals surface area contributed by atoms with E-state index in [2.05, 4.69) is 5.10 Å². The summed E-state index contributed by atoms with van der Waals surface area (Å²) in [5, 5.41) is 21.0.